The molecule has 2 aromatic carbocycles. The maximum Gasteiger partial charge on any atom is 0.375 e. The molecule has 2 N–H and O–H groups in total. The lowest BCUT2D eigenvalue weighted by Gasteiger charge is -2.14. The number of carbonyl (C=O) groups is 3. The van der Waals surface area contributed by atoms with E-state index >= 15 is 0 Å². The van der Waals surface area contributed by atoms with E-state index < -0.39 is 23.9 Å². The van der Waals surface area contributed by atoms with Crippen LogP contribution in [0.5, 0.6) is 0 Å². The van der Waals surface area contributed by atoms with Crippen LogP contribution in [0.25, 0.3) is 11.3 Å². The maximum absolute atomic E-state index is 13.0. The van der Waals surface area contributed by atoms with Crippen LogP contribution < -0.4 is 10.6 Å². The Morgan fingerprint density at radius 3 is 2.31 bits per heavy atom. The molecule has 0 aliphatic rings. The third kappa shape index (κ3) is 5.60. The van der Waals surface area contributed by atoms with Crippen molar-refractivity contribution in [3.05, 3.63) is 77.3 Å². The molecule has 32 heavy (non-hydrogen) atoms. The zero-order valence-corrected chi connectivity index (χ0v) is 17.9. The van der Waals surface area contributed by atoms with Crippen LogP contribution in [0.1, 0.15) is 28.6 Å². The molecule has 0 saturated heterocycles. The van der Waals surface area contributed by atoms with E-state index in [4.69, 9.17) is 9.15 Å². The van der Waals surface area contributed by atoms with Gasteiger partial charge in [0.2, 0.25) is 11.7 Å². The highest BCUT2D eigenvalue weighted by Gasteiger charge is 2.22. The van der Waals surface area contributed by atoms with Crippen LogP contribution in [0.3, 0.4) is 0 Å². The minimum Gasteiger partial charge on any atom is -0.449 e. The van der Waals surface area contributed by atoms with Gasteiger partial charge in [-0.05, 0) is 68.3 Å². The van der Waals surface area contributed by atoms with Crippen LogP contribution in [-0.4, -0.2) is 30.4 Å². The lowest BCUT2D eigenvalue weighted by Crippen LogP contribution is -2.40. The number of rotatable bonds is 7. The number of halogens is 1. The number of amides is 2. The van der Waals surface area contributed by atoms with Gasteiger partial charge in [-0.3, -0.25) is 9.59 Å². The normalized spacial score (nSPS) is 11.5. The Hall–Kier alpha value is -3.94. The van der Waals surface area contributed by atoms with Crippen LogP contribution in [0.4, 0.5) is 10.1 Å². The highest BCUT2D eigenvalue weighted by Crippen LogP contribution is 2.23. The molecular formula is C24H23FN2O5. The van der Waals surface area contributed by atoms with E-state index in [2.05, 4.69) is 10.6 Å². The first kappa shape index (κ1) is 22.7. The summed E-state index contributed by atoms with van der Waals surface area (Å²) in [5, 5.41) is 5.20. The number of para-hydroxylation sites is 1. The fourth-order valence-electron chi connectivity index (χ4n) is 3.00. The molecule has 3 aromatic rings. The Bertz CT molecular complexity index is 1120. The lowest BCUT2D eigenvalue weighted by molar-refractivity contribution is -0.130. The molecule has 1 aromatic heterocycles. The van der Waals surface area contributed by atoms with Crippen LogP contribution in [0.2, 0.25) is 0 Å². The predicted octanol–water partition coefficient (Wildman–Crippen LogP) is 4.00. The van der Waals surface area contributed by atoms with Gasteiger partial charge in [-0.2, -0.15) is 0 Å². The standard InChI is InChI=1S/C24H23FN2O5/c1-14-5-4-6-15(2)22(14)27-21(28)13-26-23(29)16(3)31-24(30)20-12-11-19(32-20)17-7-9-18(25)10-8-17/h4-12,16H,13H2,1-3H3,(H,26,29)(H,27,28). The fraction of sp³-hybridized carbons (Fsp3) is 0.208. The summed E-state index contributed by atoms with van der Waals surface area (Å²) in [4.78, 5) is 36.7. The minimum atomic E-state index is -1.14. The van der Waals surface area contributed by atoms with Crippen LogP contribution in [0, 0.1) is 19.7 Å². The van der Waals surface area contributed by atoms with Crippen LogP contribution in [0.15, 0.2) is 59.0 Å². The van der Waals surface area contributed by atoms with Crippen LogP contribution in [-0.2, 0) is 14.3 Å². The summed E-state index contributed by atoms with van der Waals surface area (Å²) in [6.07, 6.45) is -1.14. The van der Waals surface area contributed by atoms with Gasteiger partial charge in [0.15, 0.2) is 6.10 Å². The molecule has 1 atom stereocenters. The average molecular weight is 438 g/mol. The van der Waals surface area contributed by atoms with Gasteiger partial charge >= 0.3 is 5.97 Å². The number of esters is 1. The molecule has 0 saturated carbocycles. The fourth-order valence-corrected chi connectivity index (χ4v) is 3.00. The summed E-state index contributed by atoms with van der Waals surface area (Å²) in [5.41, 5.74) is 3.10. The summed E-state index contributed by atoms with van der Waals surface area (Å²) >= 11 is 0. The first-order valence-electron chi connectivity index (χ1n) is 9.95. The third-order valence-electron chi connectivity index (χ3n) is 4.76. The summed E-state index contributed by atoms with van der Waals surface area (Å²) in [5.74, 6) is -1.98. The number of furan rings is 1. The Morgan fingerprint density at radius 1 is 1.00 bits per heavy atom. The number of hydrogen-bond acceptors (Lipinski definition) is 5. The maximum atomic E-state index is 13.0. The quantitative estimate of drug-likeness (QED) is 0.544. The van der Waals surface area contributed by atoms with Crippen molar-refractivity contribution in [2.45, 2.75) is 26.9 Å². The topological polar surface area (TPSA) is 97.6 Å². The highest BCUT2D eigenvalue weighted by atomic mass is 19.1. The number of hydrogen-bond donors (Lipinski definition) is 2. The molecule has 0 fully saturated rings. The largest absolute Gasteiger partial charge is 0.449 e. The van der Waals surface area contributed by atoms with Gasteiger partial charge in [0.1, 0.15) is 11.6 Å². The molecule has 0 bridgehead atoms. The zero-order chi connectivity index (χ0) is 23.3. The Labute approximate surface area is 184 Å². The number of benzene rings is 2. The van der Waals surface area contributed by atoms with Gasteiger partial charge in [-0.1, -0.05) is 18.2 Å². The van der Waals surface area contributed by atoms with Gasteiger partial charge in [0, 0.05) is 11.3 Å². The van der Waals surface area contributed by atoms with E-state index in [1.54, 1.807) is 6.07 Å². The number of aryl methyl sites for hydroxylation is 2. The van der Waals surface area contributed by atoms with E-state index in [9.17, 15) is 18.8 Å². The van der Waals surface area contributed by atoms with Crippen molar-refractivity contribution in [2.24, 2.45) is 0 Å². The first-order chi connectivity index (χ1) is 15.2. The van der Waals surface area contributed by atoms with Crippen LogP contribution >= 0.6 is 0 Å². The Balaban J connectivity index is 1.51. The van der Waals surface area contributed by atoms with E-state index in [1.807, 2.05) is 32.0 Å². The molecule has 0 spiro atoms. The summed E-state index contributed by atoms with van der Waals surface area (Å²) in [6, 6.07) is 14.2. The predicted molar refractivity (Wildman–Crippen MR) is 117 cm³/mol. The Morgan fingerprint density at radius 2 is 1.66 bits per heavy atom. The monoisotopic (exact) mass is 438 g/mol. The second kappa shape index (κ2) is 9.91. The van der Waals surface area contributed by atoms with Gasteiger partial charge in [-0.25, -0.2) is 9.18 Å². The van der Waals surface area contributed by atoms with Gasteiger partial charge in [0.05, 0.1) is 6.54 Å². The highest BCUT2D eigenvalue weighted by molar-refractivity contribution is 5.97. The van der Waals surface area contributed by atoms with Crippen molar-refractivity contribution < 1.29 is 27.9 Å². The van der Waals surface area contributed by atoms with E-state index in [0.29, 0.717) is 17.0 Å². The van der Waals surface area contributed by atoms with Gasteiger partial charge < -0.3 is 19.8 Å². The smallest absolute Gasteiger partial charge is 0.375 e. The molecule has 0 radical (unpaired) electrons. The molecule has 1 heterocycles. The van der Waals surface area contributed by atoms with Crippen molar-refractivity contribution in [3.8, 4) is 11.3 Å². The Kier molecular flexibility index (Phi) is 7.04. The first-order valence-corrected chi connectivity index (χ1v) is 9.95. The number of ether oxygens (including phenoxy) is 1. The SMILES string of the molecule is Cc1cccc(C)c1NC(=O)CNC(=O)C(C)OC(=O)c1ccc(-c2ccc(F)cc2)o1. The van der Waals surface area contributed by atoms with Crippen molar-refractivity contribution in [2.75, 3.05) is 11.9 Å². The molecule has 0 aliphatic carbocycles. The minimum absolute atomic E-state index is 0.100. The molecule has 7 nitrogen and oxygen atoms in total. The third-order valence-corrected chi connectivity index (χ3v) is 4.76. The number of nitrogens with one attached hydrogen (secondary N) is 2. The molecule has 1 unspecified atom stereocenters. The summed E-state index contributed by atoms with van der Waals surface area (Å²) in [6.45, 7) is 4.86. The molecule has 2 amide bonds. The van der Waals surface area contributed by atoms with E-state index in [1.165, 1.54) is 37.3 Å². The van der Waals surface area contributed by atoms with E-state index in [0.717, 1.165) is 11.1 Å². The van der Waals surface area contributed by atoms with Gasteiger partial charge in [0.25, 0.3) is 5.91 Å². The molecule has 3 rings (SSSR count). The number of carbonyl (C=O) groups excluding carboxylic acids is 3. The second-order valence-electron chi connectivity index (χ2n) is 7.25. The molecular weight excluding hydrogens is 415 g/mol. The summed E-state index contributed by atoms with van der Waals surface area (Å²) in [7, 11) is 0. The number of anilines is 1. The van der Waals surface area contributed by atoms with Crippen molar-refractivity contribution >= 4 is 23.5 Å². The van der Waals surface area contributed by atoms with Crippen molar-refractivity contribution in [1.82, 2.24) is 5.32 Å². The molecule has 166 valence electrons. The van der Waals surface area contributed by atoms with Crippen molar-refractivity contribution in [1.29, 1.82) is 0 Å². The van der Waals surface area contributed by atoms with Crippen molar-refractivity contribution in [3.63, 3.8) is 0 Å². The van der Waals surface area contributed by atoms with E-state index in [-0.39, 0.29) is 18.1 Å². The van der Waals surface area contributed by atoms with Gasteiger partial charge in [-0.15, -0.1) is 0 Å². The summed E-state index contributed by atoms with van der Waals surface area (Å²) < 4.78 is 23.6. The average Bonchev–Trinajstić information content (AvgIpc) is 3.25. The molecule has 0 aliphatic heterocycles. The molecule has 8 heteroatoms. The second-order valence-corrected chi connectivity index (χ2v) is 7.25. The zero-order valence-electron chi connectivity index (χ0n) is 17.9. The lowest BCUT2D eigenvalue weighted by atomic mass is 10.1.